The van der Waals surface area contributed by atoms with Crippen molar-refractivity contribution in [3.8, 4) is 0 Å². The number of aromatic nitrogens is 1. The monoisotopic (exact) mass is 449 g/mol. The molecule has 6 nitrogen and oxygen atoms in total. The molecule has 3 aromatic rings. The first-order chi connectivity index (χ1) is 15.8. The van der Waals surface area contributed by atoms with Crippen molar-refractivity contribution in [3.05, 3.63) is 77.9 Å². The van der Waals surface area contributed by atoms with Crippen molar-refractivity contribution in [2.45, 2.75) is 25.8 Å². The van der Waals surface area contributed by atoms with Gasteiger partial charge in [0.1, 0.15) is 11.4 Å². The second-order valence-electron chi connectivity index (χ2n) is 9.00. The van der Waals surface area contributed by atoms with Gasteiger partial charge in [0.15, 0.2) is 0 Å². The smallest absolute Gasteiger partial charge is 0.252 e. The van der Waals surface area contributed by atoms with Crippen molar-refractivity contribution in [3.63, 3.8) is 0 Å². The number of ether oxygens (including phenoxy) is 1. The first kappa shape index (κ1) is 22.9. The minimum absolute atomic E-state index is 0.104. The Morgan fingerprint density at radius 2 is 1.91 bits per heavy atom. The van der Waals surface area contributed by atoms with E-state index in [9.17, 15) is 14.0 Å². The maximum absolute atomic E-state index is 13.4. The second-order valence-corrected chi connectivity index (χ2v) is 9.00. The molecule has 1 aliphatic rings. The number of rotatable bonds is 5. The van der Waals surface area contributed by atoms with E-state index in [1.54, 1.807) is 18.7 Å². The summed E-state index contributed by atoms with van der Waals surface area (Å²) in [6.45, 7) is 5.35. The van der Waals surface area contributed by atoms with Gasteiger partial charge in [0.25, 0.3) is 5.91 Å². The highest BCUT2D eigenvalue weighted by Gasteiger charge is 2.35. The second kappa shape index (κ2) is 9.67. The van der Waals surface area contributed by atoms with Crippen LogP contribution < -0.4 is 5.32 Å². The molecule has 0 aliphatic carbocycles. The zero-order chi connectivity index (χ0) is 23.4. The number of carbonyl (C=O) groups is 2. The van der Waals surface area contributed by atoms with E-state index < -0.39 is 17.3 Å². The Morgan fingerprint density at radius 1 is 1.15 bits per heavy atom. The quantitative estimate of drug-likeness (QED) is 0.646. The van der Waals surface area contributed by atoms with Gasteiger partial charge in [0, 0.05) is 42.4 Å². The van der Waals surface area contributed by atoms with Gasteiger partial charge in [-0.3, -0.25) is 14.6 Å². The summed E-state index contributed by atoms with van der Waals surface area (Å²) in [6.07, 6.45) is 4.47. The summed E-state index contributed by atoms with van der Waals surface area (Å²) in [5.74, 6) is -0.908. The Labute approximate surface area is 192 Å². The predicted octanol–water partition coefficient (Wildman–Crippen LogP) is 3.60. The summed E-state index contributed by atoms with van der Waals surface area (Å²) in [7, 11) is 0. The topological polar surface area (TPSA) is 71.5 Å². The summed E-state index contributed by atoms with van der Waals surface area (Å²) in [5, 5.41) is 5.03. The minimum Gasteiger partial charge on any atom is -0.379 e. The molecule has 0 spiro atoms. The summed E-state index contributed by atoms with van der Waals surface area (Å²) in [4.78, 5) is 32.1. The standard InChI is InChI=1S/C26H28FN3O3/c1-26(2,29-24(31)19-7-9-22(27)10-8-19)25(32)30-11-12-33-17-18(16-30)13-21-15-28-14-20-5-3-4-6-23(20)21/h3-10,14-15,18H,11-13,16-17H2,1-2H3,(H,29,31). The van der Waals surface area contributed by atoms with Crippen LogP contribution in [0.3, 0.4) is 0 Å². The van der Waals surface area contributed by atoms with Gasteiger partial charge in [-0.25, -0.2) is 4.39 Å². The van der Waals surface area contributed by atoms with Gasteiger partial charge in [0.2, 0.25) is 5.91 Å². The van der Waals surface area contributed by atoms with E-state index in [0.717, 1.165) is 22.8 Å². The molecule has 0 saturated carbocycles. The molecule has 2 amide bonds. The fourth-order valence-corrected chi connectivity index (χ4v) is 4.25. The van der Waals surface area contributed by atoms with E-state index in [0.29, 0.717) is 31.9 Å². The predicted molar refractivity (Wildman–Crippen MR) is 124 cm³/mol. The molecule has 33 heavy (non-hydrogen) atoms. The van der Waals surface area contributed by atoms with Crippen LogP contribution >= 0.6 is 0 Å². The van der Waals surface area contributed by atoms with Crippen LogP contribution in [0.25, 0.3) is 10.8 Å². The molecule has 1 N–H and O–H groups in total. The first-order valence-electron chi connectivity index (χ1n) is 11.1. The van der Waals surface area contributed by atoms with E-state index in [2.05, 4.69) is 16.4 Å². The number of fused-ring (bicyclic) bond motifs is 1. The van der Waals surface area contributed by atoms with Crippen LogP contribution in [0.2, 0.25) is 0 Å². The van der Waals surface area contributed by atoms with Crippen LogP contribution in [-0.4, -0.2) is 53.5 Å². The van der Waals surface area contributed by atoms with E-state index in [-0.39, 0.29) is 11.8 Å². The van der Waals surface area contributed by atoms with Gasteiger partial charge >= 0.3 is 0 Å². The minimum atomic E-state index is -1.12. The van der Waals surface area contributed by atoms with Crippen molar-refractivity contribution in [1.82, 2.24) is 15.2 Å². The van der Waals surface area contributed by atoms with Crippen molar-refractivity contribution in [1.29, 1.82) is 0 Å². The largest absolute Gasteiger partial charge is 0.379 e. The number of nitrogens with zero attached hydrogens (tertiary/aromatic N) is 2. The van der Waals surface area contributed by atoms with Crippen molar-refractivity contribution in [2.75, 3.05) is 26.3 Å². The number of hydrogen-bond donors (Lipinski definition) is 1. The summed E-state index contributed by atoms with van der Waals surface area (Å²) in [6, 6.07) is 13.4. The van der Waals surface area contributed by atoms with Crippen LogP contribution in [0.1, 0.15) is 29.8 Å². The highest BCUT2D eigenvalue weighted by molar-refractivity contribution is 5.99. The average molecular weight is 450 g/mol. The van der Waals surface area contributed by atoms with Gasteiger partial charge in [-0.1, -0.05) is 24.3 Å². The molecule has 0 radical (unpaired) electrons. The molecule has 1 fully saturated rings. The van der Waals surface area contributed by atoms with Crippen molar-refractivity contribution >= 4 is 22.6 Å². The maximum atomic E-state index is 13.4. The van der Waals surface area contributed by atoms with Gasteiger partial charge in [-0.05, 0) is 55.5 Å². The molecule has 1 unspecified atom stereocenters. The Balaban J connectivity index is 1.46. The van der Waals surface area contributed by atoms with Crippen LogP contribution in [0, 0.1) is 11.7 Å². The van der Waals surface area contributed by atoms with Crippen molar-refractivity contribution in [2.24, 2.45) is 5.92 Å². The summed E-state index contributed by atoms with van der Waals surface area (Å²) >= 11 is 0. The van der Waals surface area contributed by atoms with Gasteiger partial charge in [-0.2, -0.15) is 0 Å². The molecule has 2 heterocycles. The van der Waals surface area contributed by atoms with Crippen LogP contribution in [0.4, 0.5) is 4.39 Å². The molecule has 1 atom stereocenters. The number of amides is 2. The molecule has 172 valence electrons. The van der Waals surface area contributed by atoms with Crippen molar-refractivity contribution < 1.29 is 18.7 Å². The van der Waals surface area contributed by atoms with E-state index in [1.807, 2.05) is 30.6 Å². The Bertz CT molecular complexity index is 1140. The highest BCUT2D eigenvalue weighted by atomic mass is 19.1. The number of nitrogens with one attached hydrogen (secondary N) is 1. The SMILES string of the molecule is CC(C)(NC(=O)c1ccc(F)cc1)C(=O)N1CCOCC(Cc2cncc3ccccc23)C1. The van der Waals surface area contributed by atoms with Crippen LogP contribution in [-0.2, 0) is 16.0 Å². The number of benzene rings is 2. The van der Waals surface area contributed by atoms with Crippen LogP contribution in [0.5, 0.6) is 0 Å². The molecule has 1 saturated heterocycles. The van der Waals surface area contributed by atoms with Gasteiger partial charge in [-0.15, -0.1) is 0 Å². The zero-order valence-corrected chi connectivity index (χ0v) is 18.9. The fraction of sp³-hybridized carbons (Fsp3) is 0.346. The molecular weight excluding hydrogens is 421 g/mol. The third kappa shape index (κ3) is 5.37. The first-order valence-corrected chi connectivity index (χ1v) is 11.1. The van der Waals surface area contributed by atoms with E-state index in [4.69, 9.17) is 4.74 Å². The fourth-order valence-electron chi connectivity index (χ4n) is 4.25. The number of pyridine rings is 1. The third-order valence-corrected chi connectivity index (χ3v) is 5.95. The molecule has 2 aromatic carbocycles. The lowest BCUT2D eigenvalue weighted by Gasteiger charge is -2.33. The Kier molecular flexibility index (Phi) is 6.70. The maximum Gasteiger partial charge on any atom is 0.252 e. The number of halogens is 1. The Hall–Kier alpha value is -3.32. The molecule has 0 bridgehead atoms. The highest BCUT2D eigenvalue weighted by Crippen LogP contribution is 2.22. The van der Waals surface area contributed by atoms with Gasteiger partial charge in [0.05, 0.1) is 13.2 Å². The van der Waals surface area contributed by atoms with E-state index in [1.165, 1.54) is 24.3 Å². The van der Waals surface area contributed by atoms with E-state index >= 15 is 0 Å². The summed E-state index contributed by atoms with van der Waals surface area (Å²) in [5.41, 5.74) is 0.305. The molecule has 7 heteroatoms. The number of hydrogen-bond acceptors (Lipinski definition) is 4. The number of carbonyl (C=O) groups excluding carboxylic acids is 2. The molecule has 1 aliphatic heterocycles. The molecule has 4 rings (SSSR count). The lowest BCUT2D eigenvalue weighted by Crippen LogP contribution is -2.56. The van der Waals surface area contributed by atoms with Gasteiger partial charge < -0.3 is 15.0 Å². The lowest BCUT2D eigenvalue weighted by molar-refractivity contribution is -0.137. The van der Waals surface area contributed by atoms with Crippen LogP contribution in [0.15, 0.2) is 60.9 Å². The summed E-state index contributed by atoms with van der Waals surface area (Å²) < 4.78 is 19.0. The Morgan fingerprint density at radius 3 is 2.70 bits per heavy atom. The molecule has 1 aromatic heterocycles. The zero-order valence-electron chi connectivity index (χ0n) is 18.9. The normalized spacial score (nSPS) is 16.9. The third-order valence-electron chi connectivity index (χ3n) is 5.95. The lowest BCUT2D eigenvalue weighted by atomic mass is 9.95. The average Bonchev–Trinajstić information content (AvgIpc) is 3.04. The molecular formula is C26H28FN3O3.